The summed E-state index contributed by atoms with van der Waals surface area (Å²) in [5, 5.41) is 12.5. The van der Waals surface area contributed by atoms with Crippen LogP contribution in [0.2, 0.25) is 0 Å². The van der Waals surface area contributed by atoms with E-state index in [-0.39, 0.29) is 18.3 Å². The highest BCUT2D eigenvalue weighted by Crippen LogP contribution is 2.35. The maximum Gasteiger partial charge on any atom is 0.325 e. The van der Waals surface area contributed by atoms with Gasteiger partial charge in [0, 0.05) is 6.20 Å². The largest absolute Gasteiger partial charge is 0.388 e. The Balaban J connectivity index is 1.84. The fraction of sp³-hybridized carbons (Fsp3) is 0.615. The number of rotatable bonds is 2. The second kappa shape index (κ2) is 6.14. The number of ether oxygens (including phenoxy) is 2. The Hall–Kier alpha value is -2.17. The van der Waals surface area contributed by atoms with Gasteiger partial charge in [0.2, 0.25) is 0 Å². The third kappa shape index (κ3) is 3.14. The quantitative estimate of drug-likeness (QED) is 0.426. The van der Waals surface area contributed by atoms with Crippen molar-refractivity contribution in [2.45, 2.75) is 43.3 Å². The van der Waals surface area contributed by atoms with Crippen molar-refractivity contribution in [1.29, 1.82) is 0 Å². The first-order chi connectivity index (χ1) is 11.0. The first kappa shape index (κ1) is 15.7. The average molecular weight is 326 g/mol. The Morgan fingerprint density at radius 2 is 2.17 bits per heavy atom. The lowest BCUT2D eigenvalue weighted by atomic mass is 9.89. The maximum atomic E-state index is 11.9. The number of aliphatic hydroxyl groups excluding tert-OH is 1. The minimum absolute atomic E-state index is 0.0688. The van der Waals surface area contributed by atoms with Crippen molar-refractivity contribution in [3.8, 4) is 0 Å². The van der Waals surface area contributed by atoms with Gasteiger partial charge in [-0.05, 0) is 12.8 Å². The zero-order valence-corrected chi connectivity index (χ0v) is 12.2. The Morgan fingerprint density at radius 1 is 1.39 bits per heavy atom. The van der Waals surface area contributed by atoms with Crippen molar-refractivity contribution in [1.82, 2.24) is 15.3 Å². The van der Waals surface area contributed by atoms with Gasteiger partial charge in [-0.3, -0.25) is 9.78 Å². The molecule has 5 atom stereocenters. The minimum Gasteiger partial charge on any atom is -0.388 e. The van der Waals surface area contributed by atoms with Crippen molar-refractivity contribution in [3.63, 3.8) is 0 Å². The minimum atomic E-state index is -0.962. The number of aromatic amines is 2. The Labute approximate surface area is 130 Å². The molecule has 10 heteroatoms. The molecule has 3 rings (SSSR count). The van der Waals surface area contributed by atoms with Gasteiger partial charge in [-0.1, -0.05) is 0 Å². The van der Waals surface area contributed by atoms with Crippen LogP contribution < -0.4 is 22.3 Å². The van der Waals surface area contributed by atoms with E-state index < -0.39 is 41.6 Å². The number of carbonyl (C=O) groups excluding carboxylic acids is 1. The molecule has 0 radical (unpaired) electrons. The number of H-pyrrole nitrogens is 2. The summed E-state index contributed by atoms with van der Waals surface area (Å²) in [5.74, 6) is 0. The monoisotopic (exact) mass is 326 g/mol. The second-order valence-electron chi connectivity index (χ2n) is 5.67. The molecule has 6 N–H and O–H groups in total. The molecule has 2 amide bonds. The fourth-order valence-electron chi connectivity index (χ4n) is 3.09. The average Bonchev–Trinajstić information content (AvgIpc) is 2.49. The van der Waals surface area contributed by atoms with Crippen molar-refractivity contribution < 1.29 is 19.4 Å². The standard InChI is InChI=1S/C13H18N4O6/c14-12(20)16-9-6(18)4-22-8-2-1-7(23-10(8)9)5-3-15-13(21)17-11(5)19/h3,6-10,18H,1-2,4H2,(H3,14,16,20)(H2,15,17,19,21). The summed E-state index contributed by atoms with van der Waals surface area (Å²) >= 11 is 0. The number of nitrogens with one attached hydrogen (secondary N) is 3. The molecule has 2 aliphatic heterocycles. The van der Waals surface area contributed by atoms with Crippen LogP contribution in [0, 0.1) is 0 Å². The molecule has 5 unspecified atom stereocenters. The zero-order valence-electron chi connectivity index (χ0n) is 12.2. The molecule has 0 spiro atoms. The summed E-state index contributed by atoms with van der Waals surface area (Å²) in [6.45, 7) is 0.0688. The summed E-state index contributed by atoms with van der Waals surface area (Å²) < 4.78 is 11.4. The zero-order chi connectivity index (χ0) is 16.6. The number of hydrogen-bond donors (Lipinski definition) is 5. The van der Waals surface area contributed by atoms with Crippen LogP contribution in [0.3, 0.4) is 0 Å². The van der Waals surface area contributed by atoms with Crippen LogP contribution in [0.5, 0.6) is 0 Å². The number of fused-ring (bicyclic) bond motifs is 1. The summed E-state index contributed by atoms with van der Waals surface area (Å²) in [5.41, 5.74) is 4.29. The molecule has 126 valence electrons. The Bertz CT molecular complexity index is 700. The third-order valence-electron chi connectivity index (χ3n) is 4.15. The molecule has 10 nitrogen and oxygen atoms in total. The molecule has 2 fully saturated rings. The number of aromatic nitrogens is 2. The van der Waals surface area contributed by atoms with Crippen LogP contribution in [0.1, 0.15) is 24.5 Å². The molecule has 0 saturated carbocycles. The lowest BCUT2D eigenvalue weighted by Gasteiger charge is -2.45. The van der Waals surface area contributed by atoms with E-state index in [0.29, 0.717) is 12.8 Å². The highest BCUT2D eigenvalue weighted by molar-refractivity contribution is 5.72. The molecule has 2 aliphatic rings. The number of carbonyl (C=O) groups is 1. The number of primary amides is 1. The van der Waals surface area contributed by atoms with Gasteiger partial charge in [-0.15, -0.1) is 0 Å². The lowest BCUT2D eigenvalue weighted by molar-refractivity contribution is -0.204. The molecule has 0 bridgehead atoms. The predicted molar refractivity (Wildman–Crippen MR) is 76.8 cm³/mol. The van der Waals surface area contributed by atoms with Crippen molar-refractivity contribution in [2.75, 3.05) is 6.61 Å². The van der Waals surface area contributed by atoms with E-state index in [1.165, 1.54) is 6.20 Å². The summed E-state index contributed by atoms with van der Waals surface area (Å²) in [6.07, 6.45) is -0.0975. The van der Waals surface area contributed by atoms with E-state index in [9.17, 15) is 19.5 Å². The van der Waals surface area contributed by atoms with Gasteiger partial charge in [-0.2, -0.15) is 0 Å². The second-order valence-corrected chi connectivity index (χ2v) is 5.67. The normalized spacial score (nSPS) is 33.7. The van der Waals surface area contributed by atoms with E-state index >= 15 is 0 Å². The van der Waals surface area contributed by atoms with Crippen LogP contribution >= 0.6 is 0 Å². The summed E-state index contributed by atoms with van der Waals surface area (Å²) in [6, 6.07) is -1.50. The third-order valence-corrected chi connectivity index (χ3v) is 4.15. The predicted octanol–water partition coefficient (Wildman–Crippen LogP) is -1.92. The van der Waals surface area contributed by atoms with Crippen molar-refractivity contribution in [2.24, 2.45) is 5.73 Å². The first-order valence-corrected chi connectivity index (χ1v) is 7.28. The smallest absolute Gasteiger partial charge is 0.325 e. The van der Waals surface area contributed by atoms with Gasteiger partial charge in [0.05, 0.1) is 30.4 Å². The van der Waals surface area contributed by atoms with Crippen LogP contribution in [-0.4, -0.2) is 52.1 Å². The van der Waals surface area contributed by atoms with Crippen molar-refractivity contribution >= 4 is 6.03 Å². The van der Waals surface area contributed by atoms with E-state index in [1.807, 2.05) is 0 Å². The maximum absolute atomic E-state index is 11.9. The molecule has 1 aromatic heterocycles. The van der Waals surface area contributed by atoms with Gasteiger partial charge in [0.1, 0.15) is 12.2 Å². The van der Waals surface area contributed by atoms with Crippen LogP contribution in [-0.2, 0) is 9.47 Å². The Morgan fingerprint density at radius 3 is 2.87 bits per heavy atom. The number of urea groups is 1. The van der Waals surface area contributed by atoms with Gasteiger partial charge in [0.25, 0.3) is 5.56 Å². The highest BCUT2D eigenvalue weighted by Gasteiger charge is 2.45. The fourth-order valence-corrected chi connectivity index (χ4v) is 3.09. The SMILES string of the molecule is NC(=O)NC1C(O)COC2CCC(c3c[nH]c(=O)[nH]c3=O)OC21. The number of hydrogen-bond acceptors (Lipinski definition) is 6. The number of aliphatic hydroxyl groups is 1. The molecular weight excluding hydrogens is 308 g/mol. The summed E-state index contributed by atoms with van der Waals surface area (Å²) in [4.78, 5) is 38.7. The molecule has 23 heavy (non-hydrogen) atoms. The van der Waals surface area contributed by atoms with Crippen LogP contribution in [0.15, 0.2) is 15.8 Å². The molecular formula is C13H18N4O6. The van der Waals surface area contributed by atoms with E-state index in [1.54, 1.807) is 0 Å². The summed E-state index contributed by atoms with van der Waals surface area (Å²) in [7, 11) is 0. The molecule has 0 aliphatic carbocycles. The van der Waals surface area contributed by atoms with Gasteiger partial charge >= 0.3 is 11.7 Å². The molecule has 2 saturated heterocycles. The topological polar surface area (TPSA) is 160 Å². The van der Waals surface area contributed by atoms with Crippen molar-refractivity contribution in [3.05, 3.63) is 32.6 Å². The Kier molecular flexibility index (Phi) is 4.20. The molecule has 3 heterocycles. The molecule has 1 aromatic rings. The van der Waals surface area contributed by atoms with Gasteiger partial charge in [0.15, 0.2) is 0 Å². The lowest BCUT2D eigenvalue weighted by Crippen LogP contribution is -2.63. The van der Waals surface area contributed by atoms with Gasteiger partial charge < -0.3 is 30.6 Å². The number of nitrogens with two attached hydrogens (primary N) is 1. The first-order valence-electron chi connectivity index (χ1n) is 7.28. The molecule has 0 aromatic carbocycles. The van der Waals surface area contributed by atoms with Crippen LogP contribution in [0.4, 0.5) is 4.79 Å². The van der Waals surface area contributed by atoms with Crippen LogP contribution in [0.25, 0.3) is 0 Å². The number of amides is 2. The van der Waals surface area contributed by atoms with E-state index in [4.69, 9.17) is 15.2 Å². The highest BCUT2D eigenvalue weighted by atomic mass is 16.6. The van der Waals surface area contributed by atoms with E-state index in [2.05, 4.69) is 15.3 Å². The van der Waals surface area contributed by atoms with E-state index in [0.717, 1.165) is 0 Å². The van der Waals surface area contributed by atoms with Gasteiger partial charge in [-0.25, -0.2) is 9.59 Å².